The highest BCUT2D eigenvalue weighted by Gasteiger charge is 2.58. The molecule has 4 aliphatic rings. The number of fused-ring (bicyclic) bond motifs is 5. The minimum absolute atomic E-state index is 0.186. The Morgan fingerprint density at radius 1 is 1.15 bits per heavy atom. The van der Waals surface area contributed by atoms with E-state index in [1.165, 1.54) is 30.4 Å². The summed E-state index contributed by atoms with van der Waals surface area (Å²) in [4.78, 5) is 28.3. The number of methoxy groups -OCH3 is 1. The molecule has 4 aliphatic carbocycles. The van der Waals surface area contributed by atoms with E-state index in [4.69, 9.17) is 4.74 Å². The molecule has 0 heterocycles. The van der Waals surface area contributed by atoms with Gasteiger partial charge in [0.15, 0.2) is 0 Å². The lowest BCUT2D eigenvalue weighted by Gasteiger charge is -2.50. The molecule has 5 atom stereocenters. The normalized spacial score (nSPS) is 33.7. The summed E-state index contributed by atoms with van der Waals surface area (Å²) in [6.45, 7) is 2.25. The van der Waals surface area contributed by atoms with Crippen LogP contribution in [0.4, 0.5) is 0 Å². The van der Waals surface area contributed by atoms with Gasteiger partial charge in [0.1, 0.15) is 11.5 Å². The quantitative estimate of drug-likeness (QED) is 0.558. The van der Waals surface area contributed by atoms with Crippen molar-refractivity contribution in [1.82, 2.24) is 4.90 Å². The molecule has 33 heavy (non-hydrogen) atoms. The largest absolute Gasteiger partial charge is 0.497 e. The lowest BCUT2D eigenvalue weighted by molar-refractivity contribution is -0.133. The summed E-state index contributed by atoms with van der Waals surface area (Å²) in [6, 6.07) is 7.03. The Labute approximate surface area is 199 Å². The molecule has 1 amide bonds. The van der Waals surface area contributed by atoms with E-state index < -0.39 is 0 Å². The number of amides is 1. The number of ketones is 1. The van der Waals surface area contributed by atoms with Gasteiger partial charge < -0.3 is 9.64 Å². The number of Topliss-reactive ketones (excluding diaryl/α,β-unsaturated/α-hetero) is 1. The molecule has 1 aromatic carbocycles. The van der Waals surface area contributed by atoms with Gasteiger partial charge in [-0.3, -0.25) is 9.59 Å². The SMILES string of the molecule is COc1ccc2c(c1)CC[C@H]1[C@@H]3[C@H](CCC(=O)N(C)C4CCCCC4)CC(=O)[C@@]3(C)CC[C@H]21. The number of hydrogen-bond acceptors (Lipinski definition) is 3. The van der Waals surface area contributed by atoms with Gasteiger partial charge in [-0.15, -0.1) is 0 Å². The minimum atomic E-state index is -0.186. The Morgan fingerprint density at radius 3 is 2.70 bits per heavy atom. The lowest BCUT2D eigenvalue weighted by atomic mass is 9.54. The van der Waals surface area contributed by atoms with Gasteiger partial charge >= 0.3 is 0 Å². The number of benzene rings is 1. The molecule has 0 aliphatic heterocycles. The van der Waals surface area contributed by atoms with Gasteiger partial charge in [0.05, 0.1) is 7.11 Å². The molecule has 0 N–H and O–H groups in total. The zero-order chi connectivity index (χ0) is 23.2. The number of hydrogen-bond donors (Lipinski definition) is 0. The zero-order valence-corrected chi connectivity index (χ0v) is 20.8. The monoisotopic (exact) mass is 451 g/mol. The average molecular weight is 452 g/mol. The summed E-state index contributed by atoms with van der Waals surface area (Å²) >= 11 is 0. The fourth-order valence-corrected chi connectivity index (χ4v) is 8.17. The van der Waals surface area contributed by atoms with Crippen molar-refractivity contribution >= 4 is 11.7 Å². The van der Waals surface area contributed by atoms with Crippen molar-refractivity contribution in [3.63, 3.8) is 0 Å². The van der Waals surface area contributed by atoms with Crippen molar-refractivity contribution in [2.75, 3.05) is 14.2 Å². The van der Waals surface area contributed by atoms with Crippen LogP contribution in [0.5, 0.6) is 5.75 Å². The zero-order valence-electron chi connectivity index (χ0n) is 20.8. The molecular weight excluding hydrogens is 410 g/mol. The summed E-state index contributed by atoms with van der Waals surface area (Å²) in [5, 5.41) is 0. The Hall–Kier alpha value is -1.84. The van der Waals surface area contributed by atoms with E-state index in [0.29, 0.717) is 48.3 Å². The third kappa shape index (κ3) is 4.02. The van der Waals surface area contributed by atoms with Crippen LogP contribution < -0.4 is 4.74 Å². The second-order valence-electron chi connectivity index (χ2n) is 11.6. The third-order valence-corrected chi connectivity index (χ3v) is 10.0. The summed E-state index contributed by atoms with van der Waals surface area (Å²) in [7, 11) is 3.74. The molecule has 180 valence electrons. The minimum Gasteiger partial charge on any atom is -0.497 e. The lowest BCUT2D eigenvalue weighted by Crippen LogP contribution is -2.44. The van der Waals surface area contributed by atoms with Crippen LogP contribution in [0, 0.1) is 23.2 Å². The molecule has 3 saturated carbocycles. The molecule has 0 unspecified atom stereocenters. The summed E-state index contributed by atoms with van der Waals surface area (Å²) in [5.41, 5.74) is 2.73. The first-order valence-corrected chi connectivity index (χ1v) is 13.4. The third-order valence-electron chi connectivity index (χ3n) is 10.0. The van der Waals surface area contributed by atoms with Crippen LogP contribution in [-0.2, 0) is 16.0 Å². The Bertz CT molecular complexity index is 904. The molecule has 1 aromatic rings. The van der Waals surface area contributed by atoms with Gasteiger partial charge in [-0.1, -0.05) is 32.3 Å². The highest BCUT2D eigenvalue weighted by atomic mass is 16.5. The second kappa shape index (κ2) is 9.07. The maximum Gasteiger partial charge on any atom is 0.222 e. The van der Waals surface area contributed by atoms with Crippen LogP contribution in [0.1, 0.15) is 94.6 Å². The Kier molecular flexibility index (Phi) is 6.30. The first-order chi connectivity index (χ1) is 15.9. The molecular formula is C29H41NO3. The van der Waals surface area contributed by atoms with Crippen LogP contribution >= 0.6 is 0 Å². The number of carbonyl (C=O) groups is 2. The molecule has 5 rings (SSSR count). The van der Waals surface area contributed by atoms with Crippen LogP contribution in [0.2, 0.25) is 0 Å². The number of rotatable bonds is 5. The van der Waals surface area contributed by atoms with E-state index in [1.54, 1.807) is 7.11 Å². The van der Waals surface area contributed by atoms with Gasteiger partial charge in [0.25, 0.3) is 0 Å². The van der Waals surface area contributed by atoms with Gasteiger partial charge in [0, 0.05) is 31.3 Å². The first-order valence-electron chi connectivity index (χ1n) is 13.4. The summed E-state index contributed by atoms with van der Waals surface area (Å²) in [6.07, 6.45) is 12.6. The van der Waals surface area contributed by atoms with Crippen molar-refractivity contribution in [1.29, 1.82) is 0 Å². The molecule has 0 bridgehead atoms. The molecule has 0 radical (unpaired) electrons. The van der Waals surface area contributed by atoms with Gasteiger partial charge in [-0.05, 0) is 91.9 Å². The summed E-state index contributed by atoms with van der Waals surface area (Å²) in [5.74, 6) is 3.59. The first kappa shape index (κ1) is 22.9. The Balaban J connectivity index is 1.31. The number of ether oxygens (including phenoxy) is 1. The van der Waals surface area contributed by atoms with Crippen molar-refractivity contribution in [3.8, 4) is 5.75 Å². The Morgan fingerprint density at radius 2 is 1.94 bits per heavy atom. The highest BCUT2D eigenvalue weighted by Crippen LogP contribution is 2.62. The number of nitrogens with zero attached hydrogens (tertiary/aromatic N) is 1. The van der Waals surface area contributed by atoms with E-state index in [-0.39, 0.29) is 11.3 Å². The van der Waals surface area contributed by atoms with Crippen LogP contribution in [0.15, 0.2) is 18.2 Å². The fraction of sp³-hybridized carbons (Fsp3) is 0.724. The van der Waals surface area contributed by atoms with Crippen molar-refractivity contribution < 1.29 is 14.3 Å². The van der Waals surface area contributed by atoms with E-state index in [1.807, 2.05) is 11.9 Å². The maximum absolute atomic E-state index is 13.3. The van der Waals surface area contributed by atoms with Crippen molar-refractivity contribution in [2.24, 2.45) is 23.2 Å². The predicted molar refractivity (Wildman–Crippen MR) is 130 cm³/mol. The van der Waals surface area contributed by atoms with E-state index in [0.717, 1.165) is 50.7 Å². The number of carbonyl (C=O) groups excluding carboxylic acids is 2. The van der Waals surface area contributed by atoms with Crippen molar-refractivity contribution in [3.05, 3.63) is 29.3 Å². The molecule has 0 aromatic heterocycles. The van der Waals surface area contributed by atoms with Crippen LogP contribution in [-0.4, -0.2) is 36.8 Å². The topological polar surface area (TPSA) is 46.6 Å². The van der Waals surface area contributed by atoms with Gasteiger partial charge in [-0.2, -0.15) is 0 Å². The fourth-order valence-electron chi connectivity index (χ4n) is 8.17. The van der Waals surface area contributed by atoms with Crippen LogP contribution in [0.25, 0.3) is 0 Å². The standard InChI is InChI=1S/C29H41NO3/c1-29-16-15-24-23-13-11-22(33-3)17-19(23)9-12-25(24)28(29)20(18-26(29)31)10-14-27(32)30(2)21-7-5-4-6-8-21/h11,13,17,20-21,24-25,28H,4-10,12,14-16,18H2,1-3H3/t20-,24-,25-,28+,29-/m1/s1. The predicted octanol–water partition coefficient (Wildman–Crippen LogP) is 5.92. The summed E-state index contributed by atoms with van der Waals surface area (Å²) < 4.78 is 5.47. The van der Waals surface area contributed by atoms with Gasteiger partial charge in [-0.25, -0.2) is 0 Å². The van der Waals surface area contributed by atoms with E-state index >= 15 is 0 Å². The van der Waals surface area contributed by atoms with E-state index in [2.05, 4.69) is 25.1 Å². The maximum atomic E-state index is 13.3. The molecule has 4 nitrogen and oxygen atoms in total. The molecule has 0 saturated heterocycles. The second-order valence-corrected chi connectivity index (χ2v) is 11.6. The van der Waals surface area contributed by atoms with Crippen molar-refractivity contribution in [2.45, 2.75) is 95.9 Å². The molecule has 4 heteroatoms. The van der Waals surface area contributed by atoms with Crippen LogP contribution in [0.3, 0.4) is 0 Å². The smallest absolute Gasteiger partial charge is 0.222 e. The molecule has 3 fully saturated rings. The number of aryl methyl sites for hydroxylation is 1. The average Bonchev–Trinajstić information content (AvgIpc) is 3.11. The van der Waals surface area contributed by atoms with E-state index in [9.17, 15) is 9.59 Å². The highest BCUT2D eigenvalue weighted by molar-refractivity contribution is 5.88. The molecule has 0 spiro atoms. The van der Waals surface area contributed by atoms with Gasteiger partial charge in [0.2, 0.25) is 5.91 Å².